The largest absolute Gasteiger partial charge is 0.670 e. The highest BCUT2D eigenvalue weighted by Crippen LogP contribution is 2.39. The van der Waals surface area contributed by atoms with E-state index in [1.54, 1.807) is 49.8 Å². The molecule has 0 unspecified atom stereocenters. The van der Waals surface area contributed by atoms with E-state index in [1.165, 1.54) is 20.3 Å². The first-order valence-electron chi connectivity index (χ1n) is 19.2. The molecule has 0 spiro atoms. The molecule has 0 saturated heterocycles. The van der Waals surface area contributed by atoms with E-state index in [0.29, 0.717) is 43.5 Å². The number of benzene rings is 5. The molecular formula is C47H51N2O8-. The summed E-state index contributed by atoms with van der Waals surface area (Å²) in [6.45, 7) is 0.489. The normalized spacial score (nSPS) is 13.0. The predicted molar refractivity (Wildman–Crippen MR) is 220 cm³/mol. The number of carbonyl (C=O) groups is 1. The number of fused-ring (bicyclic) bond motifs is 1. The number of Topliss-reactive ketones (excluding diaryl/α,β-unsaturated/α-hetero) is 1. The number of methoxy groups -OCH3 is 2. The SMILES string of the molecule is CNCc1cc(O)cc([C@@H](Cc2ccc(O)c(OC)c2)C(=O)C[C@@H](O)[C@H](Cc2cc[n-]c2)Cc2ccc(O)c(OC)c2Cc2cccc3cccc(CCO)c23)c1. The molecule has 6 rings (SSSR count). The molecule has 1 heterocycles. The van der Waals surface area contributed by atoms with E-state index < -0.39 is 17.9 Å². The number of aromatic nitrogens is 1. The van der Waals surface area contributed by atoms with Gasteiger partial charge in [0.05, 0.1) is 20.3 Å². The van der Waals surface area contributed by atoms with Crippen molar-refractivity contribution in [2.45, 2.75) is 57.1 Å². The van der Waals surface area contributed by atoms with E-state index in [1.807, 2.05) is 54.6 Å². The second-order valence-corrected chi connectivity index (χ2v) is 14.6. The Morgan fingerprint density at radius 1 is 0.789 bits per heavy atom. The fourth-order valence-corrected chi connectivity index (χ4v) is 8.03. The molecule has 6 N–H and O–H groups in total. The summed E-state index contributed by atoms with van der Waals surface area (Å²) < 4.78 is 11.2. The van der Waals surface area contributed by atoms with Gasteiger partial charge in [0.1, 0.15) is 11.5 Å². The van der Waals surface area contributed by atoms with Crippen LogP contribution in [0.3, 0.4) is 0 Å². The lowest BCUT2D eigenvalue weighted by atomic mass is 9.80. The summed E-state index contributed by atoms with van der Waals surface area (Å²) in [6.07, 6.45) is 4.15. The van der Waals surface area contributed by atoms with Crippen molar-refractivity contribution in [3.05, 3.63) is 148 Å². The molecule has 0 radical (unpaired) electrons. The number of nitrogens with one attached hydrogen (secondary N) is 1. The number of carbonyl (C=O) groups excluding carboxylic acids is 1. The number of aliphatic hydroxyl groups excluding tert-OH is 2. The van der Waals surface area contributed by atoms with Gasteiger partial charge >= 0.3 is 0 Å². The van der Waals surface area contributed by atoms with Crippen LogP contribution in [0.25, 0.3) is 10.8 Å². The van der Waals surface area contributed by atoms with Crippen LogP contribution >= 0.6 is 0 Å². The van der Waals surface area contributed by atoms with E-state index in [4.69, 9.17) is 9.47 Å². The zero-order valence-corrected chi connectivity index (χ0v) is 32.6. The molecule has 0 bridgehead atoms. The molecule has 0 amide bonds. The Morgan fingerprint density at radius 3 is 2.26 bits per heavy atom. The van der Waals surface area contributed by atoms with Crippen molar-refractivity contribution >= 4 is 16.6 Å². The topological polar surface area (TPSA) is 163 Å². The molecule has 10 nitrogen and oxygen atoms in total. The highest BCUT2D eigenvalue weighted by molar-refractivity contribution is 5.89. The number of aliphatic hydroxyl groups is 2. The lowest BCUT2D eigenvalue weighted by Gasteiger charge is -2.27. The average molecular weight is 772 g/mol. The van der Waals surface area contributed by atoms with Crippen LogP contribution in [0.4, 0.5) is 0 Å². The number of aromatic hydroxyl groups is 3. The summed E-state index contributed by atoms with van der Waals surface area (Å²) >= 11 is 0. The number of nitrogens with zero attached hydrogens (tertiary/aromatic N) is 1. The summed E-state index contributed by atoms with van der Waals surface area (Å²) in [7, 11) is 4.79. The number of ether oxygens (including phenoxy) is 2. The number of phenolic OH excluding ortho intramolecular Hbond substituents is 3. The molecule has 0 aliphatic heterocycles. The van der Waals surface area contributed by atoms with E-state index in [9.17, 15) is 30.3 Å². The molecule has 10 heteroatoms. The molecule has 5 aromatic carbocycles. The number of hydrogen-bond acceptors (Lipinski definition) is 9. The molecular weight excluding hydrogens is 721 g/mol. The maximum atomic E-state index is 14.6. The van der Waals surface area contributed by atoms with Crippen molar-refractivity contribution in [1.82, 2.24) is 10.3 Å². The van der Waals surface area contributed by atoms with E-state index in [-0.39, 0.29) is 48.2 Å². The van der Waals surface area contributed by atoms with Crippen LogP contribution < -0.4 is 19.8 Å². The molecule has 298 valence electrons. The first-order chi connectivity index (χ1) is 27.6. The van der Waals surface area contributed by atoms with Crippen molar-refractivity contribution in [1.29, 1.82) is 0 Å². The van der Waals surface area contributed by atoms with Gasteiger partial charge in [0, 0.05) is 37.5 Å². The Bertz CT molecular complexity index is 2280. The molecule has 0 aliphatic carbocycles. The second-order valence-electron chi connectivity index (χ2n) is 14.6. The van der Waals surface area contributed by atoms with Crippen molar-refractivity contribution < 1.29 is 39.8 Å². The summed E-state index contributed by atoms with van der Waals surface area (Å²) in [4.78, 5) is 18.8. The van der Waals surface area contributed by atoms with Crippen LogP contribution in [0.15, 0.2) is 103 Å². The minimum atomic E-state index is -1.08. The van der Waals surface area contributed by atoms with Gasteiger partial charge in [-0.3, -0.25) is 4.79 Å². The summed E-state index contributed by atoms with van der Waals surface area (Å²) in [5.41, 5.74) is 6.73. The number of phenols is 3. The summed E-state index contributed by atoms with van der Waals surface area (Å²) in [6, 6.07) is 27.6. The van der Waals surface area contributed by atoms with Crippen LogP contribution in [-0.4, -0.2) is 65.3 Å². The Labute approximate surface area is 333 Å². The third-order valence-electron chi connectivity index (χ3n) is 10.8. The first-order valence-corrected chi connectivity index (χ1v) is 19.2. The minimum Gasteiger partial charge on any atom is -0.670 e. The molecule has 1 aromatic heterocycles. The van der Waals surface area contributed by atoms with Gasteiger partial charge in [-0.05, 0) is 113 Å². The van der Waals surface area contributed by atoms with Crippen LogP contribution in [0.5, 0.6) is 28.7 Å². The second kappa shape index (κ2) is 18.9. The van der Waals surface area contributed by atoms with Crippen molar-refractivity contribution in [3.8, 4) is 28.7 Å². The lowest BCUT2D eigenvalue weighted by molar-refractivity contribution is -0.123. The van der Waals surface area contributed by atoms with Gasteiger partial charge in [0.2, 0.25) is 0 Å². The first kappa shape index (κ1) is 40.8. The van der Waals surface area contributed by atoms with Gasteiger partial charge in [-0.2, -0.15) is 12.4 Å². The van der Waals surface area contributed by atoms with Crippen LogP contribution in [0.2, 0.25) is 0 Å². The third-order valence-corrected chi connectivity index (χ3v) is 10.8. The number of rotatable bonds is 19. The standard InChI is InChI=1S/C47H51N2O8/c1-48-27-31-19-36(24-38(51)20-31)39(21-29-10-12-41(52)45(22-29)56-2)44(55)26-43(54)37(18-30-14-16-49-28-30)23-34-11-13-42(53)47(57-3)40(34)25-35-9-5-7-32-6-4-8-33(15-17-50)46(32)35/h4-14,16,19-20,22,24,28,37,39,43,48,50-54H,15,17-18,21,23,25-27H2,1-3H3/q-1/t37-,39-,43-/m1/s1. The van der Waals surface area contributed by atoms with Gasteiger partial charge in [-0.25, -0.2) is 0 Å². The molecule has 0 aliphatic rings. The summed E-state index contributed by atoms with van der Waals surface area (Å²) in [5, 5.41) is 59.2. The zero-order chi connectivity index (χ0) is 40.5. The Kier molecular flexibility index (Phi) is 13.5. The van der Waals surface area contributed by atoms with Gasteiger partial charge in [0.25, 0.3) is 0 Å². The van der Waals surface area contributed by atoms with E-state index in [2.05, 4.69) is 10.3 Å². The van der Waals surface area contributed by atoms with Gasteiger partial charge < -0.3 is 45.3 Å². The number of hydrogen-bond donors (Lipinski definition) is 6. The highest BCUT2D eigenvalue weighted by atomic mass is 16.5. The fraction of sp³-hybridized carbons (Fsp3) is 0.298. The van der Waals surface area contributed by atoms with E-state index in [0.717, 1.165) is 49.7 Å². The zero-order valence-electron chi connectivity index (χ0n) is 32.6. The Balaban J connectivity index is 1.36. The van der Waals surface area contributed by atoms with Crippen molar-refractivity contribution in [2.75, 3.05) is 27.9 Å². The smallest absolute Gasteiger partial charge is 0.164 e. The molecule has 0 fully saturated rings. The predicted octanol–water partition coefficient (Wildman–Crippen LogP) is 6.52. The van der Waals surface area contributed by atoms with Gasteiger partial charge in [-0.15, -0.1) is 0 Å². The average Bonchev–Trinajstić information content (AvgIpc) is 3.71. The van der Waals surface area contributed by atoms with Crippen LogP contribution in [0, 0.1) is 5.92 Å². The molecule has 3 atom stereocenters. The minimum absolute atomic E-state index is 0.00274. The maximum absolute atomic E-state index is 14.6. The van der Waals surface area contributed by atoms with Crippen LogP contribution in [0.1, 0.15) is 56.8 Å². The number of ketones is 1. The van der Waals surface area contributed by atoms with Gasteiger partial charge in [-0.1, -0.05) is 66.2 Å². The highest BCUT2D eigenvalue weighted by Gasteiger charge is 2.30. The molecule has 6 aromatic rings. The molecule has 57 heavy (non-hydrogen) atoms. The van der Waals surface area contributed by atoms with E-state index >= 15 is 0 Å². The fourth-order valence-electron chi connectivity index (χ4n) is 8.03. The lowest BCUT2D eigenvalue weighted by Crippen LogP contribution is -2.30. The quantitative estimate of drug-likeness (QED) is 0.0535. The third kappa shape index (κ3) is 9.78. The van der Waals surface area contributed by atoms with Crippen molar-refractivity contribution in [2.24, 2.45) is 5.92 Å². The van der Waals surface area contributed by atoms with Crippen molar-refractivity contribution in [3.63, 3.8) is 0 Å². The maximum Gasteiger partial charge on any atom is 0.164 e. The monoisotopic (exact) mass is 771 g/mol. The van der Waals surface area contributed by atoms with Gasteiger partial charge in [0.15, 0.2) is 23.0 Å². The Hall–Kier alpha value is -5.81. The molecule has 0 saturated carbocycles. The Morgan fingerprint density at radius 2 is 1.56 bits per heavy atom. The summed E-state index contributed by atoms with van der Waals surface area (Å²) in [5.74, 6) is -0.757. The van der Waals surface area contributed by atoms with Crippen LogP contribution in [-0.2, 0) is 43.4 Å².